The molecule has 0 aromatic heterocycles. The van der Waals surface area contributed by atoms with Gasteiger partial charge in [0.05, 0.1) is 6.61 Å². The Hall–Kier alpha value is -1.90. The largest absolute Gasteiger partial charge is 0.392 e. The number of aliphatic hydroxyl groups is 1. The van der Waals surface area contributed by atoms with Crippen molar-refractivity contribution in [3.63, 3.8) is 0 Å². The molecule has 2 aromatic carbocycles. The van der Waals surface area contributed by atoms with Gasteiger partial charge in [0.25, 0.3) is 0 Å². The lowest BCUT2D eigenvalue weighted by molar-refractivity contribution is -0.115. The second-order valence-electron chi connectivity index (χ2n) is 5.65. The molecule has 0 spiro atoms. The fourth-order valence-electron chi connectivity index (χ4n) is 2.93. The van der Waals surface area contributed by atoms with Gasteiger partial charge in [0.15, 0.2) is 5.78 Å². The van der Waals surface area contributed by atoms with Crippen LogP contribution in [-0.2, 0) is 11.4 Å². The van der Waals surface area contributed by atoms with Crippen LogP contribution in [-0.4, -0.2) is 10.9 Å². The number of halogens is 1. The minimum atomic E-state index is 0.00960. The highest BCUT2D eigenvalue weighted by atomic mass is 35.5. The topological polar surface area (TPSA) is 37.3 Å². The van der Waals surface area contributed by atoms with E-state index in [1.165, 1.54) is 0 Å². The van der Waals surface area contributed by atoms with Crippen molar-refractivity contribution in [3.8, 4) is 0 Å². The molecular weight excluding hydrogens is 296 g/mol. The van der Waals surface area contributed by atoms with Gasteiger partial charge in [-0.2, -0.15) is 0 Å². The van der Waals surface area contributed by atoms with E-state index in [0.717, 1.165) is 28.7 Å². The minimum absolute atomic E-state index is 0.00960. The molecule has 0 amide bonds. The number of allylic oxidation sites excluding steroid dienone is 2. The first-order valence-electron chi connectivity index (χ1n) is 7.35. The van der Waals surface area contributed by atoms with Crippen molar-refractivity contribution in [2.45, 2.75) is 25.4 Å². The molecule has 0 aliphatic heterocycles. The van der Waals surface area contributed by atoms with Gasteiger partial charge in [-0.1, -0.05) is 41.9 Å². The Morgan fingerprint density at radius 2 is 1.86 bits per heavy atom. The molecule has 0 fully saturated rings. The zero-order chi connectivity index (χ0) is 15.5. The maximum absolute atomic E-state index is 12.1. The second-order valence-corrected chi connectivity index (χ2v) is 6.09. The summed E-state index contributed by atoms with van der Waals surface area (Å²) in [4.78, 5) is 12.1. The number of ketones is 1. The molecule has 0 saturated heterocycles. The quantitative estimate of drug-likeness (QED) is 0.914. The Balaban J connectivity index is 1.89. The maximum Gasteiger partial charge on any atom is 0.156 e. The van der Waals surface area contributed by atoms with Crippen LogP contribution in [0.4, 0.5) is 0 Å². The van der Waals surface area contributed by atoms with Crippen LogP contribution in [0.5, 0.6) is 0 Å². The van der Waals surface area contributed by atoms with Gasteiger partial charge >= 0.3 is 0 Å². The van der Waals surface area contributed by atoms with Crippen molar-refractivity contribution in [3.05, 3.63) is 76.3 Å². The van der Waals surface area contributed by atoms with Gasteiger partial charge in [-0.05, 0) is 58.9 Å². The van der Waals surface area contributed by atoms with E-state index in [1.54, 1.807) is 6.08 Å². The van der Waals surface area contributed by atoms with E-state index in [-0.39, 0.29) is 18.3 Å². The SMILES string of the molecule is O=C1C=C(c2cccc(CO)c2)CC(c2ccc(Cl)cc2)C1. The molecule has 2 aromatic rings. The van der Waals surface area contributed by atoms with Gasteiger partial charge in [0.2, 0.25) is 0 Å². The van der Waals surface area contributed by atoms with Gasteiger partial charge in [-0.3, -0.25) is 4.79 Å². The van der Waals surface area contributed by atoms with Gasteiger partial charge in [-0.25, -0.2) is 0 Å². The average Bonchev–Trinajstić information content (AvgIpc) is 2.55. The van der Waals surface area contributed by atoms with E-state index >= 15 is 0 Å². The van der Waals surface area contributed by atoms with E-state index in [4.69, 9.17) is 11.6 Å². The van der Waals surface area contributed by atoms with Crippen LogP contribution in [0, 0.1) is 0 Å². The molecule has 2 nitrogen and oxygen atoms in total. The number of carbonyl (C=O) groups is 1. The zero-order valence-electron chi connectivity index (χ0n) is 12.1. The summed E-state index contributed by atoms with van der Waals surface area (Å²) in [6, 6.07) is 15.5. The third-order valence-electron chi connectivity index (χ3n) is 4.07. The Labute approximate surface area is 135 Å². The van der Waals surface area contributed by atoms with Crippen molar-refractivity contribution < 1.29 is 9.90 Å². The molecule has 1 aliphatic rings. The van der Waals surface area contributed by atoms with Crippen molar-refractivity contribution >= 4 is 23.0 Å². The maximum atomic E-state index is 12.1. The first-order valence-corrected chi connectivity index (χ1v) is 7.72. The minimum Gasteiger partial charge on any atom is -0.392 e. The van der Waals surface area contributed by atoms with Crippen LogP contribution in [0.2, 0.25) is 5.02 Å². The molecule has 1 atom stereocenters. The van der Waals surface area contributed by atoms with Gasteiger partial charge in [0, 0.05) is 11.4 Å². The van der Waals surface area contributed by atoms with Gasteiger partial charge in [0.1, 0.15) is 0 Å². The van der Waals surface area contributed by atoms with E-state index < -0.39 is 0 Å². The third kappa shape index (κ3) is 3.29. The fourth-order valence-corrected chi connectivity index (χ4v) is 3.06. The summed E-state index contributed by atoms with van der Waals surface area (Å²) in [5.74, 6) is 0.332. The Morgan fingerprint density at radius 3 is 2.59 bits per heavy atom. The first kappa shape index (κ1) is 15.0. The molecule has 22 heavy (non-hydrogen) atoms. The van der Waals surface area contributed by atoms with E-state index in [0.29, 0.717) is 11.4 Å². The van der Waals surface area contributed by atoms with E-state index in [9.17, 15) is 9.90 Å². The summed E-state index contributed by atoms with van der Waals surface area (Å²) in [6.07, 6.45) is 3.09. The van der Waals surface area contributed by atoms with Crippen LogP contribution in [0.25, 0.3) is 5.57 Å². The number of aliphatic hydroxyl groups excluding tert-OH is 1. The summed E-state index contributed by atoms with van der Waals surface area (Å²) in [5, 5.41) is 9.98. The molecule has 1 aliphatic carbocycles. The van der Waals surface area contributed by atoms with E-state index in [1.807, 2.05) is 48.5 Å². The monoisotopic (exact) mass is 312 g/mol. The molecule has 0 radical (unpaired) electrons. The van der Waals surface area contributed by atoms with Gasteiger partial charge in [-0.15, -0.1) is 0 Å². The number of carbonyl (C=O) groups excluding carboxylic acids is 1. The lowest BCUT2D eigenvalue weighted by atomic mass is 9.81. The summed E-state index contributed by atoms with van der Waals surface area (Å²) < 4.78 is 0. The second kappa shape index (κ2) is 6.47. The molecular formula is C19H17ClO2. The molecule has 0 saturated carbocycles. The lowest BCUT2D eigenvalue weighted by Crippen LogP contribution is -2.12. The van der Waals surface area contributed by atoms with Gasteiger partial charge < -0.3 is 5.11 Å². The molecule has 3 heteroatoms. The number of rotatable bonds is 3. The lowest BCUT2D eigenvalue weighted by Gasteiger charge is -2.23. The summed E-state index contributed by atoms with van der Waals surface area (Å²) in [6.45, 7) is 0.00960. The van der Waals surface area contributed by atoms with E-state index in [2.05, 4.69) is 0 Å². The first-order chi connectivity index (χ1) is 10.7. The number of benzene rings is 2. The predicted octanol–water partition coefficient (Wildman–Crippen LogP) is 4.36. The van der Waals surface area contributed by atoms with Crippen LogP contribution in [0.3, 0.4) is 0 Å². The Morgan fingerprint density at radius 1 is 1.09 bits per heavy atom. The Kier molecular flexibility index (Phi) is 4.41. The van der Waals surface area contributed by atoms with Crippen LogP contribution in [0.15, 0.2) is 54.6 Å². The average molecular weight is 313 g/mol. The standard InChI is InChI=1S/C19H17ClO2/c20-18-6-4-14(5-7-18)16-9-17(11-19(22)10-16)15-3-1-2-13(8-15)12-21/h1-8,11,16,21H,9-10,12H2. The zero-order valence-corrected chi connectivity index (χ0v) is 12.9. The number of hydrogen-bond acceptors (Lipinski definition) is 2. The molecule has 0 heterocycles. The van der Waals surface area contributed by atoms with Crippen molar-refractivity contribution in [1.29, 1.82) is 0 Å². The summed E-state index contributed by atoms with van der Waals surface area (Å²) in [5.41, 5.74) is 4.05. The molecule has 1 unspecified atom stereocenters. The molecule has 112 valence electrons. The highest BCUT2D eigenvalue weighted by Gasteiger charge is 2.23. The van der Waals surface area contributed by atoms with Crippen LogP contribution < -0.4 is 0 Å². The van der Waals surface area contributed by atoms with Crippen molar-refractivity contribution in [2.24, 2.45) is 0 Å². The summed E-state index contributed by atoms with van der Waals surface area (Å²) >= 11 is 5.94. The highest BCUT2D eigenvalue weighted by Crippen LogP contribution is 2.36. The van der Waals surface area contributed by atoms with Crippen LogP contribution in [0.1, 0.15) is 35.4 Å². The highest BCUT2D eigenvalue weighted by molar-refractivity contribution is 6.30. The third-order valence-corrected chi connectivity index (χ3v) is 4.32. The molecule has 0 bridgehead atoms. The van der Waals surface area contributed by atoms with Crippen molar-refractivity contribution in [2.75, 3.05) is 0 Å². The smallest absolute Gasteiger partial charge is 0.156 e. The Bertz CT molecular complexity index is 716. The normalized spacial score (nSPS) is 18.2. The molecule has 3 rings (SSSR count). The van der Waals surface area contributed by atoms with Crippen LogP contribution >= 0.6 is 11.6 Å². The summed E-state index contributed by atoms with van der Waals surface area (Å²) in [7, 11) is 0. The van der Waals surface area contributed by atoms with Crippen molar-refractivity contribution in [1.82, 2.24) is 0 Å². The predicted molar refractivity (Wildman–Crippen MR) is 88.8 cm³/mol. The fraction of sp³-hybridized carbons (Fsp3) is 0.211. The number of hydrogen-bond donors (Lipinski definition) is 1. The molecule has 1 N–H and O–H groups in total.